The molecule has 1 heterocycles. The topological polar surface area (TPSA) is 51.4 Å². The second-order valence-corrected chi connectivity index (χ2v) is 3.46. The zero-order valence-electron chi connectivity index (χ0n) is 9.74. The molecule has 0 fully saturated rings. The largest absolute Gasteiger partial charge is 0.380 e. The van der Waals surface area contributed by atoms with Crippen molar-refractivity contribution in [1.82, 2.24) is 4.98 Å². The van der Waals surface area contributed by atoms with E-state index in [-0.39, 0.29) is 12.4 Å². The maximum atomic E-state index is 12.9. The smallest absolute Gasteiger partial charge is 0.141 e. The summed E-state index contributed by atoms with van der Waals surface area (Å²) in [6.07, 6.45) is 1.20. The van der Waals surface area contributed by atoms with Gasteiger partial charge in [0.2, 0.25) is 0 Å². The van der Waals surface area contributed by atoms with Crippen molar-refractivity contribution in [2.45, 2.75) is 13.5 Å². The van der Waals surface area contributed by atoms with E-state index < -0.39 is 0 Å². The molecule has 0 atom stereocenters. The Bertz CT molecular complexity index is 333. The Morgan fingerprint density at radius 1 is 1.56 bits per heavy atom. The Morgan fingerprint density at radius 3 is 2.94 bits per heavy atom. The molecule has 1 aromatic rings. The molecule has 2 N–H and O–H groups in total. The number of likely N-dealkylation sites (N-methyl/N-ethyl adjacent to an activating group) is 1. The lowest BCUT2D eigenvalue weighted by molar-refractivity contribution is 0.154. The fraction of sp³-hybridized carbons (Fsp3) is 0.545. The van der Waals surface area contributed by atoms with Crippen LogP contribution in [-0.4, -0.2) is 31.8 Å². The van der Waals surface area contributed by atoms with Gasteiger partial charge >= 0.3 is 0 Å². The molecule has 0 aromatic carbocycles. The fourth-order valence-corrected chi connectivity index (χ4v) is 1.42. The molecule has 90 valence electrons. The number of ether oxygens (including phenoxy) is 1. The van der Waals surface area contributed by atoms with Crippen LogP contribution in [0.2, 0.25) is 0 Å². The average Bonchev–Trinajstić information content (AvgIpc) is 2.29. The molecule has 0 radical (unpaired) electrons. The average molecular weight is 227 g/mol. The molecule has 0 unspecified atom stereocenters. The van der Waals surface area contributed by atoms with Crippen LogP contribution in [0.15, 0.2) is 12.3 Å². The molecule has 1 rings (SSSR count). The summed E-state index contributed by atoms with van der Waals surface area (Å²) in [5.41, 5.74) is 6.25. The monoisotopic (exact) mass is 227 g/mol. The third kappa shape index (κ3) is 3.43. The quantitative estimate of drug-likeness (QED) is 0.741. The molecular formula is C11H18FN3O. The molecular weight excluding hydrogens is 209 g/mol. The first kappa shape index (κ1) is 12.9. The molecule has 0 amide bonds. The van der Waals surface area contributed by atoms with Gasteiger partial charge in [-0.2, -0.15) is 0 Å². The van der Waals surface area contributed by atoms with Gasteiger partial charge in [0.15, 0.2) is 0 Å². The van der Waals surface area contributed by atoms with Crippen LogP contribution in [0, 0.1) is 5.82 Å². The molecule has 0 aliphatic carbocycles. The van der Waals surface area contributed by atoms with Gasteiger partial charge in [0.25, 0.3) is 0 Å². The maximum absolute atomic E-state index is 12.9. The Kier molecular flexibility index (Phi) is 5.14. The molecule has 0 bridgehead atoms. The molecule has 5 heteroatoms. The molecule has 0 aliphatic heterocycles. The summed E-state index contributed by atoms with van der Waals surface area (Å²) in [6, 6.07) is 1.42. The summed E-state index contributed by atoms with van der Waals surface area (Å²) in [4.78, 5) is 5.96. The fourth-order valence-electron chi connectivity index (χ4n) is 1.42. The molecule has 0 spiro atoms. The van der Waals surface area contributed by atoms with Gasteiger partial charge in [-0.25, -0.2) is 9.37 Å². The van der Waals surface area contributed by atoms with E-state index in [1.54, 1.807) is 0 Å². The summed E-state index contributed by atoms with van der Waals surface area (Å²) in [6.45, 7) is 4.24. The normalized spacial score (nSPS) is 10.5. The van der Waals surface area contributed by atoms with E-state index in [1.807, 2.05) is 18.9 Å². The van der Waals surface area contributed by atoms with Crippen molar-refractivity contribution in [3.8, 4) is 0 Å². The number of nitrogens with zero attached hydrogens (tertiary/aromatic N) is 2. The van der Waals surface area contributed by atoms with Crippen molar-refractivity contribution in [2.24, 2.45) is 5.73 Å². The summed E-state index contributed by atoms with van der Waals surface area (Å²) in [5, 5.41) is 0. The number of anilines is 1. The summed E-state index contributed by atoms with van der Waals surface area (Å²) >= 11 is 0. The Labute approximate surface area is 95.2 Å². The van der Waals surface area contributed by atoms with E-state index in [0.717, 1.165) is 0 Å². The lowest BCUT2D eigenvalue weighted by atomic mass is 10.2. The van der Waals surface area contributed by atoms with Crippen LogP contribution >= 0.6 is 0 Å². The Balaban J connectivity index is 2.70. The highest BCUT2D eigenvalue weighted by molar-refractivity contribution is 5.46. The van der Waals surface area contributed by atoms with E-state index in [2.05, 4.69) is 4.98 Å². The number of halogens is 1. The van der Waals surface area contributed by atoms with Gasteiger partial charge in [-0.1, -0.05) is 0 Å². The minimum Gasteiger partial charge on any atom is -0.380 e. The number of hydrogen-bond donors (Lipinski definition) is 1. The molecule has 0 saturated heterocycles. The van der Waals surface area contributed by atoms with Gasteiger partial charge in [-0.3, -0.25) is 0 Å². The first-order chi connectivity index (χ1) is 7.69. The van der Waals surface area contributed by atoms with Gasteiger partial charge < -0.3 is 15.4 Å². The lowest BCUT2D eigenvalue weighted by Gasteiger charge is -2.20. The summed E-state index contributed by atoms with van der Waals surface area (Å²) < 4.78 is 18.2. The van der Waals surface area contributed by atoms with Gasteiger partial charge in [-0.15, -0.1) is 0 Å². The molecule has 0 saturated carbocycles. The Hall–Kier alpha value is -1.20. The van der Waals surface area contributed by atoms with Crippen molar-refractivity contribution in [1.29, 1.82) is 0 Å². The van der Waals surface area contributed by atoms with E-state index in [1.165, 1.54) is 12.3 Å². The van der Waals surface area contributed by atoms with Gasteiger partial charge in [0.1, 0.15) is 11.6 Å². The summed E-state index contributed by atoms with van der Waals surface area (Å²) in [5.74, 6) is 0.353. The SMILES string of the molecule is CCOCCN(C)c1ncc(F)cc1CN. The molecule has 0 aliphatic rings. The van der Waals surface area contributed by atoms with E-state index >= 15 is 0 Å². The third-order valence-corrected chi connectivity index (χ3v) is 2.27. The van der Waals surface area contributed by atoms with Crippen LogP contribution in [0.3, 0.4) is 0 Å². The van der Waals surface area contributed by atoms with E-state index in [0.29, 0.717) is 31.1 Å². The second kappa shape index (κ2) is 6.40. The number of nitrogens with two attached hydrogens (primary N) is 1. The van der Waals surface area contributed by atoms with Crippen LogP contribution in [0.1, 0.15) is 12.5 Å². The molecule has 1 aromatic heterocycles. The third-order valence-electron chi connectivity index (χ3n) is 2.27. The second-order valence-electron chi connectivity index (χ2n) is 3.46. The van der Waals surface area contributed by atoms with Crippen LogP contribution in [0.4, 0.5) is 10.2 Å². The molecule has 16 heavy (non-hydrogen) atoms. The lowest BCUT2D eigenvalue weighted by Crippen LogP contribution is -2.25. The first-order valence-corrected chi connectivity index (χ1v) is 5.32. The van der Waals surface area contributed by atoms with Crippen molar-refractivity contribution >= 4 is 5.82 Å². The molecule has 4 nitrogen and oxygen atoms in total. The van der Waals surface area contributed by atoms with Crippen LogP contribution in [0.5, 0.6) is 0 Å². The number of pyridine rings is 1. The van der Waals surface area contributed by atoms with Crippen LogP contribution in [0.25, 0.3) is 0 Å². The van der Waals surface area contributed by atoms with Crippen LogP contribution < -0.4 is 10.6 Å². The first-order valence-electron chi connectivity index (χ1n) is 5.32. The van der Waals surface area contributed by atoms with E-state index in [4.69, 9.17) is 10.5 Å². The van der Waals surface area contributed by atoms with Crippen molar-refractivity contribution in [3.63, 3.8) is 0 Å². The predicted molar refractivity (Wildman–Crippen MR) is 61.8 cm³/mol. The van der Waals surface area contributed by atoms with E-state index in [9.17, 15) is 4.39 Å². The van der Waals surface area contributed by atoms with Crippen molar-refractivity contribution in [2.75, 3.05) is 31.7 Å². The van der Waals surface area contributed by atoms with Crippen molar-refractivity contribution < 1.29 is 9.13 Å². The zero-order valence-corrected chi connectivity index (χ0v) is 9.74. The number of rotatable bonds is 6. The van der Waals surface area contributed by atoms with Gasteiger partial charge in [-0.05, 0) is 13.0 Å². The predicted octanol–water partition coefficient (Wildman–Crippen LogP) is 1.15. The minimum atomic E-state index is -0.359. The zero-order chi connectivity index (χ0) is 12.0. The minimum absolute atomic E-state index is 0.277. The van der Waals surface area contributed by atoms with Gasteiger partial charge in [0, 0.05) is 32.3 Å². The highest BCUT2D eigenvalue weighted by Gasteiger charge is 2.08. The maximum Gasteiger partial charge on any atom is 0.141 e. The number of hydrogen-bond acceptors (Lipinski definition) is 4. The highest BCUT2D eigenvalue weighted by atomic mass is 19.1. The van der Waals surface area contributed by atoms with Gasteiger partial charge in [0.05, 0.1) is 12.8 Å². The highest BCUT2D eigenvalue weighted by Crippen LogP contribution is 2.16. The summed E-state index contributed by atoms with van der Waals surface area (Å²) in [7, 11) is 1.89. The standard InChI is InChI=1S/C11H18FN3O/c1-3-16-5-4-15(2)11-9(7-13)6-10(12)8-14-11/h6,8H,3-5,7,13H2,1-2H3. The van der Waals surface area contributed by atoms with Crippen LogP contribution in [-0.2, 0) is 11.3 Å². The number of aromatic nitrogens is 1. The van der Waals surface area contributed by atoms with Crippen molar-refractivity contribution in [3.05, 3.63) is 23.6 Å². The Morgan fingerprint density at radius 2 is 2.31 bits per heavy atom.